The van der Waals surface area contributed by atoms with Gasteiger partial charge in [0.25, 0.3) is 0 Å². The Morgan fingerprint density at radius 3 is 2.46 bits per heavy atom. The molecule has 5 heteroatoms. The van der Waals surface area contributed by atoms with Gasteiger partial charge in [0.15, 0.2) is 11.6 Å². The largest absolute Gasteiger partial charge is 0.300 e. The third-order valence-corrected chi connectivity index (χ3v) is 6.46. The Morgan fingerprint density at radius 2 is 1.75 bits per heavy atom. The summed E-state index contributed by atoms with van der Waals surface area (Å²) in [7, 11) is 0. The van der Waals surface area contributed by atoms with E-state index in [0.717, 1.165) is 42.7 Å². The molecule has 2 heterocycles. The molecule has 1 saturated carbocycles. The topological polar surface area (TPSA) is 16.1 Å². The van der Waals surface area contributed by atoms with E-state index in [1.165, 1.54) is 37.8 Å². The molecular formula is C19H22F2N2S. The van der Waals surface area contributed by atoms with Crippen LogP contribution in [0.4, 0.5) is 8.78 Å². The van der Waals surface area contributed by atoms with Crippen LogP contribution >= 0.6 is 11.3 Å². The summed E-state index contributed by atoms with van der Waals surface area (Å²) in [5, 5.41) is 3.10. The van der Waals surface area contributed by atoms with E-state index in [4.69, 9.17) is 4.98 Å². The molecule has 1 aliphatic heterocycles. The Hall–Kier alpha value is -1.33. The van der Waals surface area contributed by atoms with E-state index in [1.54, 1.807) is 17.4 Å². The van der Waals surface area contributed by atoms with Crippen LogP contribution in [0.2, 0.25) is 0 Å². The van der Waals surface area contributed by atoms with Gasteiger partial charge in [-0.1, -0.05) is 12.8 Å². The highest BCUT2D eigenvalue weighted by Crippen LogP contribution is 2.35. The highest BCUT2D eigenvalue weighted by Gasteiger charge is 2.28. The number of hydrogen-bond donors (Lipinski definition) is 0. The standard InChI is InChI=1S/C19H22F2N2S/c20-16-6-5-14(11-17(16)21)18-12-24-19(22-18)13-7-9-23(10-8-13)15-3-1-2-4-15/h5-6,11-13,15H,1-4,7-10H2. The summed E-state index contributed by atoms with van der Waals surface area (Å²) in [6.45, 7) is 2.32. The predicted octanol–water partition coefficient (Wildman–Crippen LogP) is 5.21. The minimum Gasteiger partial charge on any atom is -0.300 e. The minimum absolute atomic E-state index is 0.506. The molecule has 4 rings (SSSR count). The molecule has 1 aliphatic carbocycles. The van der Waals surface area contributed by atoms with Gasteiger partial charge in [0.2, 0.25) is 0 Å². The van der Waals surface area contributed by atoms with Gasteiger partial charge in [-0.15, -0.1) is 11.3 Å². The molecule has 0 atom stereocenters. The number of likely N-dealkylation sites (tertiary alicyclic amines) is 1. The van der Waals surface area contributed by atoms with Gasteiger partial charge >= 0.3 is 0 Å². The molecule has 2 aromatic rings. The van der Waals surface area contributed by atoms with Crippen molar-refractivity contribution in [1.29, 1.82) is 0 Å². The first-order valence-corrected chi connectivity index (χ1v) is 9.73. The Morgan fingerprint density at radius 1 is 1.00 bits per heavy atom. The zero-order chi connectivity index (χ0) is 16.5. The summed E-state index contributed by atoms with van der Waals surface area (Å²) in [6.07, 6.45) is 7.80. The molecule has 0 radical (unpaired) electrons. The van der Waals surface area contributed by atoms with E-state index in [0.29, 0.717) is 11.5 Å². The van der Waals surface area contributed by atoms with Crippen molar-refractivity contribution < 1.29 is 8.78 Å². The molecule has 24 heavy (non-hydrogen) atoms. The molecule has 128 valence electrons. The monoisotopic (exact) mass is 348 g/mol. The van der Waals surface area contributed by atoms with E-state index in [9.17, 15) is 8.78 Å². The minimum atomic E-state index is -0.813. The second-order valence-corrected chi connectivity index (χ2v) is 7.84. The summed E-state index contributed by atoms with van der Waals surface area (Å²) < 4.78 is 26.5. The highest BCUT2D eigenvalue weighted by molar-refractivity contribution is 7.10. The van der Waals surface area contributed by atoms with Crippen molar-refractivity contribution in [2.45, 2.75) is 50.5 Å². The molecule has 1 saturated heterocycles. The van der Waals surface area contributed by atoms with Crippen LogP contribution in [0.1, 0.15) is 49.5 Å². The lowest BCUT2D eigenvalue weighted by Crippen LogP contribution is -2.39. The van der Waals surface area contributed by atoms with Crippen LogP contribution in [0.25, 0.3) is 11.3 Å². The van der Waals surface area contributed by atoms with E-state index in [2.05, 4.69) is 4.90 Å². The van der Waals surface area contributed by atoms with Crippen molar-refractivity contribution in [3.63, 3.8) is 0 Å². The lowest BCUT2D eigenvalue weighted by atomic mass is 9.96. The SMILES string of the molecule is Fc1ccc(-c2csc(C3CCN(C4CCCC4)CC3)n2)cc1F. The van der Waals surface area contributed by atoms with Crippen LogP contribution < -0.4 is 0 Å². The van der Waals surface area contributed by atoms with E-state index >= 15 is 0 Å². The quantitative estimate of drug-likeness (QED) is 0.757. The average molecular weight is 348 g/mol. The van der Waals surface area contributed by atoms with Gasteiger partial charge in [-0.05, 0) is 57.0 Å². The summed E-state index contributed by atoms with van der Waals surface area (Å²) in [5.74, 6) is -1.12. The molecule has 0 unspecified atom stereocenters. The number of rotatable bonds is 3. The number of nitrogens with zero attached hydrogens (tertiary/aromatic N) is 2. The normalized spacial score (nSPS) is 20.8. The van der Waals surface area contributed by atoms with E-state index < -0.39 is 11.6 Å². The molecule has 0 spiro atoms. The first-order valence-electron chi connectivity index (χ1n) is 8.85. The lowest BCUT2D eigenvalue weighted by molar-refractivity contribution is 0.154. The maximum atomic E-state index is 13.4. The first-order chi connectivity index (χ1) is 11.7. The summed E-state index contributed by atoms with van der Waals surface area (Å²) in [5.41, 5.74) is 1.41. The van der Waals surface area contributed by atoms with Crippen LogP contribution in [0.5, 0.6) is 0 Å². The molecule has 2 nitrogen and oxygen atoms in total. The maximum Gasteiger partial charge on any atom is 0.159 e. The molecule has 0 bridgehead atoms. The zero-order valence-corrected chi connectivity index (χ0v) is 14.5. The number of thiazole rings is 1. The van der Waals surface area contributed by atoms with E-state index in [1.807, 2.05) is 5.38 Å². The molecule has 0 amide bonds. The first kappa shape index (κ1) is 16.2. The third-order valence-electron chi connectivity index (χ3n) is 5.46. The second kappa shape index (κ2) is 6.89. The summed E-state index contributed by atoms with van der Waals surface area (Å²) in [4.78, 5) is 7.37. The van der Waals surface area contributed by atoms with Crippen LogP contribution in [0, 0.1) is 11.6 Å². The molecule has 2 fully saturated rings. The average Bonchev–Trinajstić information content (AvgIpc) is 3.29. The highest BCUT2D eigenvalue weighted by atomic mass is 32.1. The Balaban J connectivity index is 1.42. The Labute approximate surface area is 145 Å². The van der Waals surface area contributed by atoms with Crippen molar-refractivity contribution in [2.24, 2.45) is 0 Å². The summed E-state index contributed by atoms with van der Waals surface area (Å²) in [6, 6.07) is 4.81. The Kier molecular flexibility index (Phi) is 4.63. The van der Waals surface area contributed by atoms with Crippen LogP contribution in [0.3, 0.4) is 0 Å². The Bertz CT molecular complexity index is 701. The molecule has 2 aliphatic rings. The van der Waals surface area contributed by atoms with Gasteiger partial charge in [-0.25, -0.2) is 13.8 Å². The second-order valence-electron chi connectivity index (χ2n) is 6.95. The van der Waals surface area contributed by atoms with Crippen molar-refractivity contribution in [3.8, 4) is 11.3 Å². The lowest BCUT2D eigenvalue weighted by Gasteiger charge is -2.35. The molecule has 1 aromatic carbocycles. The van der Waals surface area contributed by atoms with E-state index in [-0.39, 0.29) is 0 Å². The number of aromatic nitrogens is 1. The van der Waals surface area contributed by atoms with Crippen molar-refractivity contribution >= 4 is 11.3 Å². The fourth-order valence-electron chi connectivity index (χ4n) is 4.04. The van der Waals surface area contributed by atoms with Crippen molar-refractivity contribution in [1.82, 2.24) is 9.88 Å². The van der Waals surface area contributed by atoms with Gasteiger partial charge in [0, 0.05) is 22.9 Å². The van der Waals surface area contributed by atoms with Gasteiger partial charge in [0.1, 0.15) is 0 Å². The van der Waals surface area contributed by atoms with Crippen molar-refractivity contribution in [2.75, 3.05) is 13.1 Å². The van der Waals surface area contributed by atoms with Gasteiger partial charge in [0.05, 0.1) is 10.7 Å². The van der Waals surface area contributed by atoms with Crippen molar-refractivity contribution in [3.05, 3.63) is 40.2 Å². The van der Waals surface area contributed by atoms with Gasteiger partial charge in [-0.2, -0.15) is 0 Å². The smallest absolute Gasteiger partial charge is 0.159 e. The number of piperidine rings is 1. The van der Waals surface area contributed by atoms with Crippen LogP contribution in [-0.2, 0) is 0 Å². The predicted molar refractivity (Wildman–Crippen MR) is 93.3 cm³/mol. The zero-order valence-electron chi connectivity index (χ0n) is 13.7. The summed E-state index contributed by atoms with van der Waals surface area (Å²) >= 11 is 1.65. The third kappa shape index (κ3) is 3.24. The molecule has 0 N–H and O–H groups in total. The van der Waals surface area contributed by atoms with Gasteiger partial charge < -0.3 is 4.90 Å². The molecule has 1 aromatic heterocycles. The maximum absolute atomic E-state index is 13.4. The number of benzene rings is 1. The number of hydrogen-bond acceptors (Lipinski definition) is 3. The van der Waals surface area contributed by atoms with Crippen LogP contribution in [0.15, 0.2) is 23.6 Å². The van der Waals surface area contributed by atoms with Gasteiger partial charge in [-0.3, -0.25) is 0 Å². The fourth-order valence-corrected chi connectivity index (χ4v) is 5.04. The van der Waals surface area contributed by atoms with Crippen LogP contribution in [-0.4, -0.2) is 29.0 Å². The molecular weight excluding hydrogens is 326 g/mol. The fraction of sp³-hybridized carbons (Fsp3) is 0.526. The number of halogens is 2.